The smallest absolute Gasteiger partial charge is 0.324 e. The van der Waals surface area contributed by atoms with E-state index in [0.717, 1.165) is 14.0 Å². The lowest BCUT2D eigenvalue weighted by atomic mass is 9.81. The zero-order valence-electron chi connectivity index (χ0n) is 11.9. The van der Waals surface area contributed by atoms with Gasteiger partial charge in [0.1, 0.15) is 5.60 Å². The lowest BCUT2D eigenvalue weighted by Crippen LogP contribution is -2.52. The predicted octanol–water partition coefficient (Wildman–Crippen LogP) is 0.309. The van der Waals surface area contributed by atoms with Gasteiger partial charge in [0.15, 0.2) is 5.41 Å². The van der Waals surface area contributed by atoms with Crippen molar-refractivity contribution in [3.05, 3.63) is 0 Å². The number of ether oxygens (including phenoxy) is 2. The van der Waals surface area contributed by atoms with E-state index < -0.39 is 41.4 Å². The first-order chi connectivity index (χ1) is 8.45. The standard InChI is InChI=1S/C12H21NO6/c1-11(2,3)19-8(14)6-7(13)12(4,9(15)16)10(17)18-5/h7H,6,13H2,1-5H3,(H,15,16). The molecule has 0 spiro atoms. The molecule has 19 heavy (non-hydrogen) atoms. The first kappa shape index (κ1) is 17.4. The molecule has 7 heteroatoms. The summed E-state index contributed by atoms with van der Waals surface area (Å²) < 4.78 is 9.46. The number of nitrogens with two attached hydrogens (primary N) is 1. The SMILES string of the molecule is COC(=O)C(C)(C(=O)O)C(N)CC(=O)OC(C)(C)C. The van der Waals surface area contributed by atoms with Gasteiger partial charge in [-0.3, -0.25) is 14.4 Å². The van der Waals surface area contributed by atoms with Crippen LogP contribution in [0.1, 0.15) is 34.1 Å². The van der Waals surface area contributed by atoms with Gasteiger partial charge >= 0.3 is 17.9 Å². The maximum Gasteiger partial charge on any atom is 0.324 e. The minimum absolute atomic E-state index is 0.394. The van der Waals surface area contributed by atoms with Gasteiger partial charge < -0.3 is 20.3 Å². The zero-order valence-corrected chi connectivity index (χ0v) is 11.9. The Hall–Kier alpha value is -1.63. The Morgan fingerprint density at radius 3 is 2.00 bits per heavy atom. The first-order valence-corrected chi connectivity index (χ1v) is 5.74. The van der Waals surface area contributed by atoms with Gasteiger partial charge in [-0.25, -0.2) is 0 Å². The van der Waals surface area contributed by atoms with Crippen molar-refractivity contribution in [2.24, 2.45) is 11.1 Å². The van der Waals surface area contributed by atoms with Crippen molar-refractivity contribution in [1.29, 1.82) is 0 Å². The molecule has 0 aromatic carbocycles. The number of methoxy groups -OCH3 is 1. The molecule has 0 saturated carbocycles. The number of aliphatic carboxylic acids is 1. The molecule has 3 N–H and O–H groups in total. The van der Waals surface area contributed by atoms with Gasteiger partial charge in [0.25, 0.3) is 0 Å². The van der Waals surface area contributed by atoms with E-state index in [1.807, 2.05) is 0 Å². The van der Waals surface area contributed by atoms with Crippen LogP contribution in [0.5, 0.6) is 0 Å². The van der Waals surface area contributed by atoms with Gasteiger partial charge in [-0.1, -0.05) is 0 Å². The van der Waals surface area contributed by atoms with Crippen LogP contribution in [0.4, 0.5) is 0 Å². The Morgan fingerprint density at radius 2 is 1.68 bits per heavy atom. The van der Waals surface area contributed by atoms with Crippen LogP contribution in [0, 0.1) is 5.41 Å². The van der Waals surface area contributed by atoms with Gasteiger partial charge in [0, 0.05) is 6.04 Å². The van der Waals surface area contributed by atoms with Crippen LogP contribution in [0.15, 0.2) is 0 Å². The molecule has 0 aliphatic heterocycles. The molecule has 0 fully saturated rings. The number of carboxylic acids is 1. The number of hydrogen-bond donors (Lipinski definition) is 2. The maximum atomic E-state index is 11.6. The number of carbonyl (C=O) groups is 3. The van der Waals surface area contributed by atoms with Crippen LogP contribution in [-0.2, 0) is 23.9 Å². The number of rotatable bonds is 5. The fourth-order valence-corrected chi connectivity index (χ4v) is 1.38. The zero-order chi connectivity index (χ0) is 15.4. The molecule has 0 aromatic rings. The summed E-state index contributed by atoms with van der Waals surface area (Å²) in [6.45, 7) is 6.14. The van der Waals surface area contributed by atoms with Gasteiger partial charge in [-0.05, 0) is 27.7 Å². The molecule has 0 aliphatic carbocycles. The summed E-state index contributed by atoms with van der Waals surface area (Å²) in [6.07, 6.45) is -0.394. The number of carbonyl (C=O) groups excluding carboxylic acids is 2. The lowest BCUT2D eigenvalue weighted by Gasteiger charge is -2.28. The highest BCUT2D eigenvalue weighted by Gasteiger charge is 2.49. The summed E-state index contributed by atoms with van der Waals surface area (Å²) >= 11 is 0. The highest BCUT2D eigenvalue weighted by Crippen LogP contribution is 2.25. The van der Waals surface area contributed by atoms with Gasteiger partial charge in [-0.2, -0.15) is 0 Å². The third kappa shape index (κ3) is 4.51. The fourth-order valence-electron chi connectivity index (χ4n) is 1.38. The Kier molecular flexibility index (Phi) is 5.49. The van der Waals surface area contributed by atoms with Crippen LogP contribution in [0.2, 0.25) is 0 Å². The summed E-state index contributed by atoms with van der Waals surface area (Å²) in [5.74, 6) is -3.12. The quantitative estimate of drug-likeness (QED) is 0.547. The van der Waals surface area contributed by atoms with Gasteiger partial charge in [-0.15, -0.1) is 0 Å². The summed E-state index contributed by atoms with van der Waals surface area (Å²) in [5, 5.41) is 9.12. The third-order valence-corrected chi connectivity index (χ3v) is 2.60. The number of carboxylic acid groups (broad SMARTS) is 1. The monoisotopic (exact) mass is 275 g/mol. The molecule has 0 heterocycles. The van der Waals surface area contributed by atoms with E-state index in [4.69, 9.17) is 15.6 Å². The number of hydrogen-bond acceptors (Lipinski definition) is 6. The Morgan fingerprint density at radius 1 is 1.21 bits per heavy atom. The van der Waals surface area contributed by atoms with E-state index in [2.05, 4.69) is 4.74 Å². The predicted molar refractivity (Wildman–Crippen MR) is 66.2 cm³/mol. The summed E-state index contributed by atoms with van der Waals surface area (Å²) in [6, 6.07) is -1.24. The normalized spacial score (nSPS) is 16.1. The molecule has 0 bridgehead atoms. The maximum absolute atomic E-state index is 11.6. The van der Waals surface area contributed by atoms with E-state index in [-0.39, 0.29) is 0 Å². The Balaban J connectivity index is 4.96. The Labute approximate surface area is 112 Å². The van der Waals surface area contributed by atoms with Crippen molar-refractivity contribution in [3.63, 3.8) is 0 Å². The second kappa shape index (κ2) is 6.01. The summed E-state index contributed by atoms with van der Waals surface area (Å²) in [4.78, 5) is 34.3. The van der Waals surface area contributed by atoms with Crippen molar-refractivity contribution in [2.75, 3.05) is 7.11 Å². The van der Waals surface area contributed by atoms with Crippen molar-refractivity contribution in [2.45, 2.75) is 45.8 Å². The van der Waals surface area contributed by atoms with E-state index in [1.54, 1.807) is 20.8 Å². The summed E-state index contributed by atoms with van der Waals surface area (Å²) in [7, 11) is 1.06. The molecule has 0 saturated heterocycles. The molecule has 0 aliphatic rings. The molecule has 0 aromatic heterocycles. The van der Waals surface area contributed by atoms with Crippen molar-refractivity contribution in [1.82, 2.24) is 0 Å². The van der Waals surface area contributed by atoms with E-state index in [1.165, 1.54) is 0 Å². The highest BCUT2D eigenvalue weighted by atomic mass is 16.6. The van der Waals surface area contributed by atoms with Crippen LogP contribution in [0.3, 0.4) is 0 Å². The molecule has 0 rings (SSSR count). The largest absolute Gasteiger partial charge is 0.480 e. The second-order valence-corrected chi connectivity index (χ2v) is 5.40. The van der Waals surface area contributed by atoms with Crippen LogP contribution >= 0.6 is 0 Å². The highest BCUT2D eigenvalue weighted by molar-refractivity contribution is 6.00. The second-order valence-electron chi connectivity index (χ2n) is 5.40. The van der Waals surface area contributed by atoms with Crippen LogP contribution in [0.25, 0.3) is 0 Å². The third-order valence-electron chi connectivity index (χ3n) is 2.60. The summed E-state index contributed by atoms with van der Waals surface area (Å²) in [5.41, 5.74) is 2.97. The van der Waals surface area contributed by atoms with Crippen LogP contribution in [-0.4, -0.2) is 41.8 Å². The van der Waals surface area contributed by atoms with Crippen molar-refractivity contribution < 1.29 is 29.0 Å². The van der Waals surface area contributed by atoms with E-state index in [9.17, 15) is 14.4 Å². The molecule has 2 unspecified atom stereocenters. The van der Waals surface area contributed by atoms with E-state index >= 15 is 0 Å². The van der Waals surface area contributed by atoms with Gasteiger partial charge in [0.05, 0.1) is 13.5 Å². The molecule has 0 radical (unpaired) electrons. The average Bonchev–Trinajstić information content (AvgIpc) is 2.23. The molecule has 7 nitrogen and oxygen atoms in total. The van der Waals surface area contributed by atoms with Crippen LogP contribution < -0.4 is 5.73 Å². The lowest BCUT2D eigenvalue weighted by molar-refractivity contribution is -0.168. The number of esters is 2. The molecule has 0 amide bonds. The fraction of sp³-hybridized carbons (Fsp3) is 0.750. The van der Waals surface area contributed by atoms with E-state index in [0.29, 0.717) is 0 Å². The van der Waals surface area contributed by atoms with Crippen molar-refractivity contribution >= 4 is 17.9 Å². The first-order valence-electron chi connectivity index (χ1n) is 5.74. The molecule has 2 atom stereocenters. The molecular formula is C12H21NO6. The van der Waals surface area contributed by atoms with Gasteiger partial charge in [0.2, 0.25) is 0 Å². The Bertz CT molecular complexity index is 373. The minimum Gasteiger partial charge on any atom is -0.480 e. The molecular weight excluding hydrogens is 254 g/mol. The van der Waals surface area contributed by atoms with Crippen molar-refractivity contribution in [3.8, 4) is 0 Å². The average molecular weight is 275 g/mol. The molecule has 110 valence electrons. The minimum atomic E-state index is -1.99. The topological polar surface area (TPSA) is 116 Å².